The van der Waals surface area contributed by atoms with Crippen molar-refractivity contribution >= 4 is 0 Å². The Bertz CT molecular complexity index is 368. The first-order chi connectivity index (χ1) is 8.09. The second-order valence-electron chi connectivity index (χ2n) is 4.55. The summed E-state index contributed by atoms with van der Waals surface area (Å²) in [4.78, 5) is 4.26. The quantitative estimate of drug-likeness (QED) is 0.607. The van der Waals surface area contributed by atoms with Crippen LogP contribution in [0, 0.1) is 0 Å². The highest BCUT2D eigenvalue weighted by atomic mass is 16.5. The number of aromatic nitrogens is 1. The Morgan fingerprint density at radius 1 is 1.47 bits per heavy atom. The summed E-state index contributed by atoms with van der Waals surface area (Å²) in [5.74, 6) is 0.729. The van der Waals surface area contributed by atoms with E-state index in [2.05, 4.69) is 30.2 Å². The van der Waals surface area contributed by atoms with Crippen LogP contribution < -0.4 is 10.1 Å². The molecule has 0 aliphatic carbocycles. The number of nitrogens with one attached hydrogen (secondary N) is 1. The van der Waals surface area contributed by atoms with E-state index in [1.54, 1.807) is 6.20 Å². The van der Waals surface area contributed by atoms with Gasteiger partial charge in [0.05, 0.1) is 6.10 Å². The summed E-state index contributed by atoms with van der Waals surface area (Å²) in [6.45, 7) is 9.86. The molecule has 0 aliphatic heterocycles. The molecule has 0 saturated carbocycles. The highest BCUT2D eigenvalue weighted by Gasteiger charge is 2.05. The maximum Gasteiger partial charge on any atom is 0.218 e. The summed E-state index contributed by atoms with van der Waals surface area (Å²) in [7, 11) is 0. The third-order valence-electron chi connectivity index (χ3n) is 2.17. The molecule has 3 nitrogen and oxygen atoms in total. The molecule has 1 N–H and O–H groups in total. The number of pyridine rings is 1. The van der Waals surface area contributed by atoms with Crippen LogP contribution in [0.2, 0.25) is 0 Å². The molecule has 0 spiro atoms. The minimum atomic E-state index is 0.154. The fraction of sp³-hybridized carbons (Fsp3) is 0.500. The van der Waals surface area contributed by atoms with E-state index in [9.17, 15) is 0 Å². The zero-order chi connectivity index (χ0) is 12.7. The number of nitrogens with zero attached hydrogens (tertiary/aromatic N) is 1. The van der Waals surface area contributed by atoms with Crippen LogP contribution in [0.5, 0.6) is 5.88 Å². The van der Waals surface area contributed by atoms with Gasteiger partial charge in [0.2, 0.25) is 5.88 Å². The van der Waals surface area contributed by atoms with Crippen molar-refractivity contribution in [2.75, 3.05) is 6.54 Å². The van der Waals surface area contributed by atoms with E-state index in [0.717, 1.165) is 24.5 Å². The number of hydrogen-bond donors (Lipinski definition) is 1. The molecule has 0 radical (unpaired) electrons. The lowest BCUT2D eigenvalue weighted by molar-refractivity contribution is 0.229. The standard InChI is InChI=1S/C14H22N2O/c1-11(2)7-9-15-10-13-6-5-8-16-14(13)17-12(3)4/h5-8,12,15H,9-10H2,1-4H3. The smallest absolute Gasteiger partial charge is 0.218 e. The van der Waals surface area contributed by atoms with E-state index in [1.165, 1.54) is 5.57 Å². The van der Waals surface area contributed by atoms with Crippen LogP contribution >= 0.6 is 0 Å². The first kappa shape index (κ1) is 13.7. The Kier molecular flexibility index (Phi) is 5.70. The van der Waals surface area contributed by atoms with E-state index in [1.807, 2.05) is 26.0 Å². The molecule has 1 aromatic heterocycles. The zero-order valence-corrected chi connectivity index (χ0v) is 11.2. The van der Waals surface area contributed by atoms with Gasteiger partial charge in [0, 0.05) is 24.8 Å². The van der Waals surface area contributed by atoms with Crippen LogP contribution in [0.4, 0.5) is 0 Å². The van der Waals surface area contributed by atoms with Crippen LogP contribution in [-0.2, 0) is 6.54 Å². The summed E-state index contributed by atoms with van der Waals surface area (Å²) in [6.07, 6.45) is 4.08. The molecule has 17 heavy (non-hydrogen) atoms. The monoisotopic (exact) mass is 234 g/mol. The molecule has 0 fully saturated rings. The van der Waals surface area contributed by atoms with Crippen LogP contribution in [-0.4, -0.2) is 17.6 Å². The molecule has 0 saturated heterocycles. The predicted octanol–water partition coefficient (Wildman–Crippen LogP) is 2.92. The molecule has 0 unspecified atom stereocenters. The number of rotatable bonds is 6. The number of hydrogen-bond acceptors (Lipinski definition) is 3. The molecule has 1 heterocycles. The summed E-state index contributed by atoms with van der Waals surface area (Å²) in [5.41, 5.74) is 2.42. The van der Waals surface area contributed by atoms with Crippen LogP contribution in [0.15, 0.2) is 30.0 Å². The Morgan fingerprint density at radius 3 is 2.88 bits per heavy atom. The molecule has 0 atom stereocenters. The van der Waals surface area contributed by atoms with E-state index < -0.39 is 0 Å². The normalized spacial score (nSPS) is 10.4. The summed E-state index contributed by atoms with van der Waals surface area (Å²) >= 11 is 0. The highest BCUT2D eigenvalue weighted by molar-refractivity contribution is 5.25. The van der Waals surface area contributed by atoms with Crippen molar-refractivity contribution in [3.8, 4) is 5.88 Å². The largest absolute Gasteiger partial charge is 0.475 e. The molecule has 94 valence electrons. The molecule has 0 amide bonds. The minimum absolute atomic E-state index is 0.154. The molecule has 3 heteroatoms. The van der Waals surface area contributed by atoms with Gasteiger partial charge in [-0.25, -0.2) is 4.98 Å². The second-order valence-corrected chi connectivity index (χ2v) is 4.55. The van der Waals surface area contributed by atoms with Gasteiger partial charge in [0.15, 0.2) is 0 Å². The first-order valence-corrected chi connectivity index (χ1v) is 6.04. The lowest BCUT2D eigenvalue weighted by Gasteiger charge is -2.12. The van der Waals surface area contributed by atoms with E-state index >= 15 is 0 Å². The van der Waals surface area contributed by atoms with E-state index in [0.29, 0.717) is 0 Å². The minimum Gasteiger partial charge on any atom is -0.475 e. The molecule has 0 aliphatic rings. The lowest BCUT2D eigenvalue weighted by atomic mass is 10.2. The van der Waals surface area contributed by atoms with Crippen molar-refractivity contribution in [3.05, 3.63) is 35.5 Å². The Hall–Kier alpha value is -1.35. The van der Waals surface area contributed by atoms with Crippen molar-refractivity contribution in [1.82, 2.24) is 10.3 Å². The van der Waals surface area contributed by atoms with Crippen LogP contribution in [0.25, 0.3) is 0 Å². The van der Waals surface area contributed by atoms with Gasteiger partial charge in [0.25, 0.3) is 0 Å². The van der Waals surface area contributed by atoms with Gasteiger partial charge in [-0.05, 0) is 33.8 Å². The lowest BCUT2D eigenvalue weighted by Crippen LogP contribution is -2.16. The van der Waals surface area contributed by atoms with Gasteiger partial charge in [-0.15, -0.1) is 0 Å². The molecular formula is C14H22N2O. The topological polar surface area (TPSA) is 34.2 Å². The van der Waals surface area contributed by atoms with Gasteiger partial charge in [-0.1, -0.05) is 17.7 Å². The van der Waals surface area contributed by atoms with Crippen LogP contribution in [0.3, 0.4) is 0 Å². The van der Waals surface area contributed by atoms with Gasteiger partial charge in [-0.3, -0.25) is 0 Å². The average Bonchev–Trinajstić information content (AvgIpc) is 2.25. The van der Waals surface area contributed by atoms with Gasteiger partial charge in [0.1, 0.15) is 0 Å². The third-order valence-corrected chi connectivity index (χ3v) is 2.17. The van der Waals surface area contributed by atoms with E-state index in [4.69, 9.17) is 4.74 Å². The SMILES string of the molecule is CC(C)=CCNCc1cccnc1OC(C)C. The van der Waals surface area contributed by atoms with Gasteiger partial charge < -0.3 is 10.1 Å². The van der Waals surface area contributed by atoms with E-state index in [-0.39, 0.29) is 6.10 Å². The summed E-state index contributed by atoms with van der Waals surface area (Å²) in [6, 6.07) is 3.98. The predicted molar refractivity (Wildman–Crippen MR) is 71.1 cm³/mol. The third kappa shape index (κ3) is 5.50. The average molecular weight is 234 g/mol. The Balaban J connectivity index is 2.54. The second kappa shape index (κ2) is 7.07. The Morgan fingerprint density at radius 2 is 2.24 bits per heavy atom. The molecule has 1 aromatic rings. The van der Waals surface area contributed by atoms with Gasteiger partial charge in [-0.2, -0.15) is 0 Å². The van der Waals surface area contributed by atoms with Crippen molar-refractivity contribution < 1.29 is 4.74 Å². The number of allylic oxidation sites excluding steroid dienone is 1. The van der Waals surface area contributed by atoms with Crippen LogP contribution in [0.1, 0.15) is 33.3 Å². The van der Waals surface area contributed by atoms with Crippen molar-refractivity contribution in [3.63, 3.8) is 0 Å². The number of ether oxygens (including phenoxy) is 1. The molecule has 1 rings (SSSR count). The fourth-order valence-electron chi connectivity index (χ4n) is 1.37. The molecule has 0 bridgehead atoms. The van der Waals surface area contributed by atoms with Crippen molar-refractivity contribution in [1.29, 1.82) is 0 Å². The van der Waals surface area contributed by atoms with Crippen molar-refractivity contribution in [2.24, 2.45) is 0 Å². The Labute approximate surface area is 104 Å². The van der Waals surface area contributed by atoms with Crippen molar-refractivity contribution in [2.45, 2.75) is 40.3 Å². The highest BCUT2D eigenvalue weighted by Crippen LogP contribution is 2.15. The summed E-state index contributed by atoms with van der Waals surface area (Å²) in [5, 5.41) is 3.35. The van der Waals surface area contributed by atoms with Gasteiger partial charge >= 0.3 is 0 Å². The summed E-state index contributed by atoms with van der Waals surface area (Å²) < 4.78 is 5.66. The zero-order valence-electron chi connectivity index (χ0n) is 11.2. The molecular weight excluding hydrogens is 212 g/mol. The maximum absolute atomic E-state index is 5.66. The molecule has 0 aromatic carbocycles. The maximum atomic E-state index is 5.66. The fourth-order valence-corrected chi connectivity index (χ4v) is 1.37. The first-order valence-electron chi connectivity index (χ1n) is 6.04.